The van der Waals surface area contributed by atoms with E-state index in [1.807, 2.05) is 13.0 Å². The van der Waals surface area contributed by atoms with Crippen LogP contribution in [-0.4, -0.2) is 42.3 Å². The number of aryl methyl sites for hydroxylation is 1. The van der Waals surface area contributed by atoms with Crippen molar-refractivity contribution in [3.63, 3.8) is 0 Å². The summed E-state index contributed by atoms with van der Waals surface area (Å²) in [7, 11) is 0. The van der Waals surface area contributed by atoms with Crippen molar-refractivity contribution in [3.05, 3.63) is 18.1 Å². The number of ether oxygens (including phenoxy) is 1. The summed E-state index contributed by atoms with van der Waals surface area (Å²) in [6.45, 7) is 5.93. The molecule has 0 aliphatic carbocycles. The molecule has 2 saturated heterocycles. The molecule has 0 bridgehead atoms. The molecule has 0 aromatic carbocycles. The molecule has 0 amide bonds. The number of aromatic nitrogens is 2. The van der Waals surface area contributed by atoms with Crippen molar-refractivity contribution < 1.29 is 4.74 Å². The SMILES string of the molecule is Cc1nccc(NCC2CC3(CCNCC3)CO2)n1. The predicted octanol–water partition coefficient (Wildman–Crippen LogP) is 1.36. The van der Waals surface area contributed by atoms with E-state index >= 15 is 0 Å². The largest absolute Gasteiger partial charge is 0.376 e. The molecule has 2 fully saturated rings. The maximum absolute atomic E-state index is 5.96. The van der Waals surface area contributed by atoms with Crippen molar-refractivity contribution in [1.29, 1.82) is 0 Å². The zero-order valence-electron chi connectivity index (χ0n) is 11.5. The summed E-state index contributed by atoms with van der Waals surface area (Å²) in [5.41, 5.74) is 0.430. The molecule has 1 spiro atoms. The quantitative estimate of drug-likeness (QED) is 0.861. The van der Waals surface area contributed by atoms with E-state index in [-0.39, 0.29) is 0 Å². The maximum atomic E-state index is 5.96. The average Bonchev–Trinajstić information content (AvgIpc) is 2.80. The van der Waals surface area contributed by atoms with Gasteiger partial charge in [0.1, 0.15) is 11.6 Å². The van der Waals surface area contributed by atoms with Crippen LogP contribution < -0.4 is 10.6 Å². The van der Waals surface area contributed by atoms with Gasteiger partial charge in [0, 0.05) is 12.7 Å². The lowest BCUT2D eigenvalue weighted by atomic mass is 9.77. The number of piperidine rings is 1. The number of hydrogen-bond donors (Lipinski definition) is 2. The molecule has 5 nitrogen and oxygen atoms in total. The molecule has 1 unspecified atom stereocenters. The van der Waals surface area contributed by atoms with Crippen molar-refractivity contribution in [3.8, 4) is 0 Å². The van der Waals surface area contributed by atoms with Gasteiger partial charge in [0.25, 0.3) is 0 Å². The van der Waals surface area contributed by atoms with Crippen molar-refractivity contribution in [2.45, 2.75) is 32.3 Å². The molecule has 2 aliphatic heterocycles. The van der Waals surface area contributed by atoms with E-state index in [1.54, 1.807) is 6.20 Å². The van der Waals surface area contributed by atoms with E-state index in [2.05, 4.69) is 20.6 Å². The Balaban J connectivity index is 1.52. The van der Waals surface area contributed by atoms with Gasteiger partial charge in [0.2, 0.25) is 0 Å². The van der Waals surface area contributed by atoms with E-state index in [4.69, 9.17) is 4.74 Å². The fourth-order valence-electron chi connectivity index (χ4n) is 3.11. The first-order valence-electron chi connectivity index (χ1n) is 7.12. The third-order valence-electron chi connectivity index (χ3n) is 4.24. The van der Waals surface area contributed by atoms with Crippen LogP contribution in [0, 0.1) is 12.3 Å². The second-order valence-corrected chi connectivity index (χ2v) is 5.76. The summed E-state index contributed by atoms with van der Waals surface area (Å²) < 4.78 is 5.96. The summed E-state index contributed by atoms with van der Waals surface area (Å²) >= 11 is 0. The van der Waals surface area contributed by atoms with E-state index < -0.39 is 0 Å². The minimum absolute atomic E-state index is 0.313. The van der Waals surface area contributed by atoms with Gasteiger partial charge in [-0.2, -0.15) is 0 Å². The van der Waals surface area contributed by atoms with Gasteiger partial charge < -0.3 is 15.4 Å². The molecule has 1 atom stereocenters. The number of rotatable bonds is 3. The van der Waals surface area contributed by atoms with Gasteiger partial charge >= 0.3 is 0 Å². The van der Waals surface area contributed by atoms with Gasteiger partial charge in [-0.3, -0.25) is 0 Å². The average molecular weight is 262 g/mol. The first-order chi connectivity index (χ1) is 9.26. The first-order valence-corrected chi connectivity index (χ1v) is 7.12. The van der Waals surface area contributed by atoms with Crippen LogP contribution in [0.5, 0.6) is 0 Å². The molecule has 0 radical (unpaired) electrons. The van der Waals surface area contributed by atoms with Gasteiger partial charge in [-0.1, -0.05) is 0 Å². The Morgan fingerprint density at radius 2 is 2.32 bits per heavy atom. The van der Waals surface area contributed by atoms with Crippen molar-refractivity contribution >= 4 is 5.82 Å². The van der Waals surface area contributed by atoms with Crippen molar-refractivity contribution in [2.75, 3.05) is 31.6 Å². The maximum Gasteiger partial charge on any atom is 0.129 e. The van der Waals surface area contributed by atoms with Gasteiger partial charge in [-0.25, -0.2) is 9.97 Å². The van der Waals surface area contributed by atoms with Crippen molar-refractivity contribution in [1.82, 2.24) is 15.3 Å². The molecular formula is C14H22N4O. The van der Waals surface area contributed by atoms with Gasteiger partial charge in [0.05, 0.1) is 12.7 Å². The van der Waals surface area contributed by atoms with Crippen LogP contribution in [0.1, 0.15) is 25.1 Å². The highest BCUT2D eigenvalue weighted by Gasteiger charge is 2.40. The Hall–Kier alpha value is -1.20. The lowest BCUT2D eigenvalue weighted by Gasteiger charge is -2.32. The normalized spacial score (nSPS) is 25.6. The minimum Gasteiger partial charge on any atom is -0.376 e. The third kappa shape index (κ3) is 3.04. The first kappa shape index (κ1) is 12.8. The van der Waals surface area contributed by atoms with Crippen LogP contribution in [-0.2, 0) is 4.74 Å². The Labute approximate surface area is 114 Å². The molecule has 0 saturated carbocycles. The second-order valence-electron chi connectivity index (χ2n) is 5.76. The predicted molar refractivity (Wildman–Crippen MR) is 74.2 cm³/mol. The smallest absolute Gasteiger partial charge is 0.129 e. The molecule has 2 N–H and O–H groups in total. The fourth-order valence-corrected chi connectivity index (χ4v) is 3.11. The molecular weight excluding hydrogens is 240 g/mol. The molecule has 3 heterocycles. The molecule has 19 heavy (non-hydrogen) atoms. The highest BCUT2D eigenvalue weighted by atomic mass is 16.5. The Bertz CT molecular complexity index is 431. The van der Waals surface area contributed by atoms with E-state index in [1.165, 1.54) is 19.3 Å². The van der Waals surface area contributed by atoms with E-state index in [9.17, 15) is 0 Å². The van der Waals surface area contributed by atoms with Crippen LogP contribution in [0.2, 0.25) is 0 Å². The van der Waals surface area contributed by atoms with E-state index in [0.29, 0.717) is 11.5 Å². The van der Waals surface area contributed by atoms with Crippen LogP contribution >= 0.6 is 0 Å². The Kier molecular flexibility index (Phi) is 3.66. The monoisotopic (exact) mass is 262 g/mol. The van der Waals surface area contributed by atoms with Crippen LogP contribution in [0.3, 0.4) is 0 Å². The highest BCUT2D eigenvalue weighted by molar-refractivity contribution is 5.32. The molecule has 104 valence electrons. The topological polar surface area (TPSA) is 59.1 Å². The Morgan fingerprint density at radius 1 is 1.47 bits per heavy atom. The zero-order chi connectivity index (χ0) is 13.1. The Morgan fingerprint density at radius 3 is 3.11 bits per heavy atom. The summed E-state index contributed by atoms with van der Waals surface area (Å²) in [6.07, 6.45) is 5.76. The molecule has 3 rings (SSSR count). The van der Waals surface area contributed by atoms with Gasteiger partial charge in [-0.15, -0.1) is 0 Å². The lowest BCUT2D eigenvalue weighted by Crippen LogP contribution is -2.37. The fraction of sp³-hybridized carbons (Fsp3) is 0.714. The molecule has 1 aromatic heterocycles. The number of hydrogen-bond acceptors (Lipinski definition) is 5. The zero-order valence-corrected chi connectivity index (χ0v) is 11.5. The van der Waals surface area contributed by atoms with Gasteiger partial charge in [-0.05, 0) is 50.8 Å². The standard InChI is InChI=1S/C14H22N4O/c1-11-16-5-2-13(18-11)17-9-12-8-14(10-19-12)3-6-15-7-4-14/h2,5,12,15H,3-4,6-10H2,1H3,(H,16,17,18). The van der Waals surface area contributed by atoms with Crippen molar-refractivity contribution in [2.24, 2.45) is 5.41 Å². The minimum atomic E-state index is 0.313. The number of nitrogens with zero attached hydrogens (tertiary/aromatic N) is 2. The number of anilines is 1. The summed E-state index contributed by atoms with van der Waals surface area (Å²) in [4.78, 5) is 8.45. The molecule has 1 aromatic rings. The summed E-state index contributed by atoms with van der Waals surface area (Å²) in [6, 6.07) is 1.91. The third-order valence-corrected chi connectivity index (χ3v) is 4.24. The van der Waals surface area contributed by atoms with Gasteiger partial charge in [0.15, 0.2) is 0 Å². The second kappa shape index (κ2) is 5.43. The molecule has 5 heteroatoms. The van der Waals surface area contributed by atoms with Crippen LogP contribution in [0.4, 0.5) is 5.82 Å². The summed E-state index contributed by atoms with van der Waals surface area (Å²) in [5.74, 6) is 1.69. The lowest BCUT2D eigenvalue weighted by molar-refractivity contribution is 0.0924. The highest BCUT2D eigenvalue weighted by Crippen LogP contribution is 2.40. The van der Waals surface area contributed by atoms with Crippen LogP contribution in [0.25, 0.3) is 0 Å². The summed E-state index contributed by atoms with van der Waals surface area (Å²) in [5, 5.41) is 6.78. The van der Waals surface area contributed by atoms with Crippen LogP contribution in [0.15, 0.2) is 12.3 Å². The van der Waals surface area contributed by atoms with E-state index in [0.717, 1.165) is 37.9 Å². The number of nitrogens with one attached hydrogen (secondary N) is 2. The molecule has 2 aliphatic rings.